The molecule has 4 aliphatic heterocycles. The topological polar surface area (TPSA) is 190 Å². The van der Waals surface area contributed by atoms with E-state index in [1.165, 1.54) is 19.2 Å². The number of aromatic nitrogens is 2. The van der Waals surface area contributed by atoms with Gasteiger partial charge in [-0.25, -0.2) is 13.8 Å². The molecule has 16 nitrogen and oxygen atoms in total. The number of ether oxygens (including phenoxy) is 1. The third kappa shape index (κ3) is 8.61. The van der Waals surface area contributed by atoms with Crippen molar-refractivity contribution in [3.05, 3.63) is 59.3 Å². The highest BCUT2D eigenvalue weighted by Gasteiger charge is 2.43. The van der Waals surface area contributed by atoms with Crippen molar-refractivity contribution in [2.45, 2.75) is 101 Å². The molecule has 4 fully saturated rings. The first-order valence-corrected chi connectivity index (χ1v) is 22.0. The van der Waals surface area contributed by atoms with Crippen molar-refractivity contribution >= 4 is 58.4 Å². The van der Waals surface area contributed by atoms with E-state index in [-0.39, 0.29) is 73.5 Å². The standard InChI is InChI=1S/C45H55F2N9O7/c1-4-34-43(62)53(2)35-24-48-44(51-39(35)56(34)28-7-5-6-8-28)49-33-11-9-26(21-36(33)63-3)40(59)52-45(16-20-57)14-18-54(19-15-45)42(61)27-13-17-55(25-27)29-22-31(46)38(32(47)23-29)30-10-12-37(58)50-41(30)60/h9,11,21-24,27-28,30,34,57H,4-8,10,12-20,25H2,1-3H3,(H,52,59)(H,48,49,51)(H,50,58,60)/t27-,30?,34-/m1/s1. The van der Waals surface area contributed by atoms with Crippen LogP contribution in [0.15, 0.2) is 36.5 Å². The van der Waals surface area contributed by atoms with Crippen molar-refractivity contribution in [3.63, 3.8) is 0 Å². The highest BCUT2D eigenvalue weighted by atomic mass is 19.1. The van der Waals surface area contributed by atoms with E-state index in [9.17, 15) is 29.1 Å². The zero-order valence-corrected chi connectivity index (χ0v) is 35.9. The zero-order chi connectivity index (χ0) is 44.6. The maximum absolute atomic E-state index is 15.3. The molecule has 1 saturated carbocycles. The number of methoxy groups -OCH3 is 1. The number of likely N-dealkylation sites (N-methyl/N-ethyl adjacent to an activating group) is 1. The number of likely N-dealkylation sites (tertiary alicyclic amines) is 1. The summed E-state index contributed by atoms with van der Waals surface area (Å²) in [7, 11) is 3.26. The molecule has 1 unspecified atom stereocenters. The molecule has 0 bridgehead atoms. The van der Waals surface area contributed by atoms with E-state index < -0.39 is 40.8 Å². The Morgan fingerprint density at radius 2 is 1.75 bits per heavy atom. The van der Waals surface area contributed by atoms with Crippen molar-refractivity contribution < 1.29 is 42.6 Å². The van der Waals surface area contributed by atoms with Crippen LogP contribution in [0.5, 0.6) is 5.75 Å². The zero-order valence-electron chi connectivity index (χ0n) is 35.9. The Bertz CT molecular complexity index is 2260. The number of piperidine rings is 2. The van der Waals surface area contributed by atoms with Gasteiger partial charge in [0.25, 0.3) is 5.91 Å². The van der Waals surface area contributed by atoms with Crippen LogP contribution in [0.3, 0.4) is 0 Å². The van der Waals surface area contributed by atoms with Gasteiger partial charge in [0.1, 0.15) is 29.1 Å². The van der Waals surface area contributed by atoms with Gasteiger partial charge in [0.15, 0.2) is 5.82 Å². The van der Waals surface area contributed by atoms with Gasteiger partial charge in [-0.2, -0.15) is 4.98 Å². The lowest BCUT2D eigenvalue weighted by Gasteiger charge is -2.43. The minimum atomic E-state index is -1.10. The van der Waals surface area contributed by atoms with Gasteiger partial charge < -0.3 is 40.1 Å². The molecule has 5 aliphatic rings. The summed E-state index contributed by atoms with van der Waals surface area (Å²) in [4.78, 5) is 81.6. The number of nitrogens with zero attached hydrogens (tertiary/aromatic N) is 6. The third-order valence-electron chi connectivity index (χ3n) is 13.7. The average Bonchev–Trinajstić information content (AvgIpc) is 4.00. The van der Waals surface area contributed by atoms with Crippen molar-refractivity contribution in [2.75, 3.05) is 67.0 Å². The molecular weight excluding hydrogens is 817 g/mol. The quantitative estimate of drug-likeness (QED) is 0.187. The van der Waals surface area contributed by atoms with Crippen LogP contribution in [0.2, 0.25) is 0 Å². The summed E-state index contributed by atoms with van der Waals surface area (Å²) in [6.45, 7) is 3.19. The summed E-state index contributed by atoms with van der Waals surface area (Å²) in [5.74, 6) is -3.46. The molecule has 3 saturated heterocycles. The fourth-order valence-corrected chi connectivity index (χ4v) is 10.1. The summed E-state index contributed by atoms with van der Waals surface area (Å²) in [6, 6.07) is 7.28. The van der Waals surface area contributed by atoms with Crippen molar-refractivity contribution in [1.29, 1.82) is 0 Å². The van der Waals surface area contributed by atoms with Crippen molar-refractivity contribution in [1.82, 2.24) is 25.5 Å². The van der Waals surface area contributed by atoms with Crippen LogP contribution >= 0.6 is 0 Å². The Kier molecular flexibility index (Phi) is 12.5. The second-order valence-electron chi connectivity index (χ2n) is 17.4. The number of benzene rings is 2. The first kappa shape index (κ1) is 43.7. The van der Waals surface area contributed by atoms with Crippen LogP contribution in [0.1, 0.15) is 99.4 Å². The van der Waals surface area contributed by atoms with Crippen LogP contribution in [0.4, 0.5) is 37.6 Å². The second kappa shape index (κ2) is 18.1. The molecule has 18 heteroatoms. The van der Waals surface area contributed by atoms with Gasteiger partial charge in [0.2, 0.25) is 29.6 Å². The number of hydrogen-bond acceptors (Lipinski definition) is 12. The monoisotopic (exact) mass is 871 g/mol. The Labute approximate surface area is 364 Å². The molecule has 2 aromatic carbocycles. The minimum Gasteiger partial charge on any atom is -0.495 e. The largest absolute Gasteiger partial charge is 0.495 e. The molecule has 5 amide bonds. The van der Waals surface area contributed by atoms with E-state index in [1.54, 1.807) is 46.1 Å². The van der Waals surface area contributed by atoms with Gasteiger partial charge in [-0.15, -0.1) is 0 Å². The van der Waals surface area contributed by atoms with Crippen LogP contribution in [0.25, 0.3) is 0 Å². The number of aliphatic hydroxyl groups is 1. The molecule has 5 heterocycles. The summed E-state index contributed by atoms with van der Waals surface area (Å²) < 4.78 is 36.3. The van der Waals surface area contributed by atoms with Crippen LogP contribution in [-0.2, 0) is 19.2 Å². The van der Waals surface area contributed by atoms with Gasteiger partial charge in [-0.3, -0.25) is 29.3 Å². The van der Waals surface area contributed by atoms with Gasteiger partial charge in [-0.1, -0.05) is 19.8 Å². The first-order valence-electron chi connectivity index (χ1n) is 22.0. The highest BCUT2D eigenvalue weighted by molar-refractivity contribution is 6.04. The number of rotatable bonds is 12. The number of amides is 5. The minimum absolute atomic E-state index is 0.00401. The summed E-state index contributed by atoms with van der Waals surface area (Å²) in [5.41, 5.74) is 0.659. The molecule has 0 radical (unpaired) electrons. The van der Waals surface area contributed by atoms with Crippen LogP contribution in [-0.4, -0.2) is 114 Å². The van der Waals surface area contributed by atoms with Crippen LogP contribution < -0.4 is 35.4 Å². The maximum Gasteiger partial charge on any atom is 0.251 e. The number of halogens is 2. The first-order chi connectivity index (χ1) is 30.3. The molecule has 63 heavy (non-hydrogen) atoms. The lowest BCUT2D eigenvalue weighted by Crippen LogP contribution is -2.57. The normalized spacial score (nSPS) is 22.6. The lowest BCUT2D eigenvalue weighted by atomic mass is 9.83. The number of carbonyl (C=O) groups is 5. The van der Waals surface area contributed by atoms with Crippen molar-refractivity contribution in [3.8, 4) is 5.75 Å². The molecule has 8 rings (SSSR count). The maximum atomic E-state index is 15.3. The molecule has 3 aromatic rings. The Morgan fingerprint density at radius 1 is 1.02 bits per heavy atom. The molecule has 336 valence electrons. The number of nitrogens with one attached hydrogen (secondary N) is 3. The molecule has 4 N–H and O–H groups in total. The number of fused-ring (bicyclic) bond motifs is 1. The van der Waals surface area contributed by atoms with E-state index in [1.807, 2.05) is 6.92 Å². The molecule has 3 atom stereocenters. The third-order valence-corrected chi connectivity index (χ3v) is 13.7. The van der Waals surface area contributed by atoms with Crippen LogP contribution in [0, 0.1) is 17.6 Å². The molecule has 1 aliphatic carbocycles. The Morgan fingerprint density at radius 3 is 2.41 bits per heavy atom. The number of anilines is 5. The van der Waals surface area contributed by atoms with Gasteiger partial charge >= 0.3 is 0 Å². The van der Waals surface area contributed by atoms with E-state index >= 15 is 8.78 Å². The van der Waals surface area contributed by atoms with Gasteiger partial charge in [-0.05, 0) is 81.7 Å². The Balaban J connectivity index is 0.898. The van der Waals surface area contributed by atoms with E-state index in [0.717, 1.165) is 25.7 Å². The lowest BCUT2D eigenvalue weighted by molar-refractivity contribution is -0.137. The summed E-state index contributed by atoms with van der Waals surface area (Å²) >= 11 is 0. The molecular formula is C45H55F2N9O7. The fraction of sp³-hybridized carbons (Fsp3) is 0.533. The van der Waals surface area contributed by atoms with E-state index in [4.69, 9.17) is 9.72 Å². The van der Waals surface area contributed by atoms with E-state index in [0.29, 0.717) is 79.8 Å². The second-order valence-corrected chi connectivity index (χ2v) is 17.4. The number of hydrogen-bond donors (Lipinski definition) is 4. The van der Waals surface area contributed by atoms with Crippen molar-refractivity contribution in [2.24, 2.45) is 5.92 Å². The predicted octanol–water partition coefficient (Wildman–Crippen LogP) is 4.53. The number of imide groups is 1. The predicted molar refractivity (Wildman–Crippen MR) is 230 cm³/mol. The molecule has 1 aromatic heterocycles. The summed E-state index contributed by atoms with van der Waals surface area (Å²) in [5, 5.41) is 18.6. The molecule has 0 spiro atoms. The Hall–Kier alpha value is -5.91. The van der Waals surface area contributed by atoms with E-state index in [2.05, 4.69) is 25.8 Å². The number of carbonyl (C=O) groups excluding carboxylic acids is 5. The fourth-order valence-electron chi connectivity index (χ4n) is 10.1. The number of aliphatic hydroxyl groups excluding tert-OH is 1. The van der Waals surface area contributed by atoms with Gasteiger partial charge in [0.05, 0.1) is 30.8 Å². The highest BCUT2D eigenvalue weighted by Crippen LogP contribution is 2.41. The smallest absolute Gasteiger partial charge is 0.251 e. The summed E-state index contributed by atoms with van der Waals surface area (Å²) in [6.07, 6.45) is 8.11. The SMILES string of the molecule is CC[C@@H]1C(=O)N(C)c2cnc(Nc3ccc(C(=O)NC4(CCO)CCN(C(=O)[C@@H]5CCN(c6cc(F)c(C7CCC(=O)NC7=O)c(F)c6)C5)CC4)cc3OC)nc2N1C1CCCC1. The van der Waals surface area contributed by atoms with Gasteiger partial charge in [0, 0.05) is 74.6 Å². The average molecular weight is 872 g/mol.